The molecule has 1 amide bonds. The van der Waals surface area contributed by atoms with Gasteiger partial charge in [-0.25, -0.2) is 0 Å². The minimum Gasteiger partial charge on any atom is -0.466 e. The molecule has 1 saturated heterocycles. The number of hydrogen-bond donors (Lipinski definition) is 6. The van der Waals surface area contributed by atoms with Crippen LogP contribution in [0.15, 0.2) is 24.3 Å². The van der Waals surface area contributed by atoms with Crippen LogP contribution in [-0.2, 0) is 23.8 Å². The summed E-state index contributed by atoms with van der Waals surface area (Å²) >= 11 is 0. The van der Waals surface area contributed by atoms with Gasteiger partial charge in [0, 0.05) is 12.8 Å². The summed E-state index contributed by atoms with van der Waals surface area (Å²) in [5.74, 6) is -0.200. The van der Waals surface area contributed by atoms with E-state index in [-0.39, 0.29) is 18.5 Å². The maximum atomic E-state index is 13.0. The molecular weight excluding hydrogens is 871 g/mol. The van der Waals surface area contributed by atoms with Crippen LogP contribution < -0.4 is 5.32 Å². The van der Waals surface area contributed by atoms with Crippen LogP contribution >= 0.6 is 0 Å². The second-order valence-electron chi connectivity index (χ2n) is 20.3. The molecule has 6 N–H and O–H groups in total. The maximum Gasteiger partial charge on any atom is 0.305 e. The normalized spacial score (nSPS) is 19.4. The second kappa shape index (κ2) is 48.4. The number of ether oxygens (including phenoxy) is 3. The second-order valence-corrected chi connectivity index (χ2v) is 20.3. The number of esters is 1. The van der Waals surface area contributed by atoms with Gasteiger partial charge in [0.2, 0.25) is 5.91 Å². The van der Waals surface area contributed by atoms with E-state index in [2.05, 4.69) is 31.3 Å². The molecule has 0 spiro atoms. The summed E-state index contributed by atoms with van der Waals surface area (Å²) in [6.45, 7) is 4.30. The molecule has 0 aromatic heterocycles. The number of hydrogen-bond acceptors (Lipinski definition) is 10. The number of allylic oxidation sites excluding steroid dienone is 3. The molecule has 1 fully saturated rings. The Morgan fingerprint density at radius 3 is 1.39 bits per heavy atom. The molecule has 1 rings (SSSR count). The Balaban J connectivity index is 2.04. The van der Waals surface area contributed by atoms with Crippen molar-refractivity contribution in [2.75, 3.05) is 19.8 Å². The molecule has 11 nitrogen and oxygen atoms in total. The van der Waals surface area contributed by atoms with Gasteiger partial charge in [0.05, 0.1) is 32.0 Å². The number of carbonyl (C=O) groups is 2. The van der Waals surface area contributed by atoms with Gasteiger partial charge in [-0.2, -0.15) is 0 Å². The molecule has 406 valence electrons. The predicted octanol–water partition coefficient (Wildman–Crippen LogP) is 12.9. The summed E-state index contributed by atoms with van der Waals surface area (Å²) < 4.78 is 16.7. The average molecular weight is 981 g/mol. The van der Waals surface area contributed by atoms with E-state index in [4.69, 9.17) is 14.2 Å². The number of aliphatic hydroxyl groups excluding tert-OH is 5. The van der Waals surface area contributed by atoms with Gasteiger partial charge in [-0.15, -0.1) is 0 Å². The SMILES string of the molecule is CCCCCCCCC/C=C/C(O)C(COC1OC(CO)C(O)C(O)C1O)NC(=O)CCCCCCCCC/C=C\CCCCCCCCCCCOC(=O)CCCCCCCCCCCCCC. The van der Waals surface area contributed by atoms with Gasteiger partial charge in [-0.1, -0.05) is 224 Å². The predicted molar refractivity (Wildman–Crippen MR) is 283 cm³/mol. The molecule has 0 aromatic rings. The van der Waals surface area contributed by atoms with Crippen LogP contribution in [0.3, 0.4) is 0 Å². The standard InChI is InChI=1S/C58H109NO10/c1-3-5-7-9-11-13-14-26-30-34-38-42-46-54(63)67-47-43-39-35-31-27-24-22-20-18-16-15-17-19-21-23-25-29-33-37-41-45-53(62)59-50(51(61)44-40-36-32-28-12-10-8-6-4-2)49-68-58-57(66)56(65)55(64)52(48-60)69-58/h15,17,40,44,50-52,55-58,60-61,64-66H,3-14,16,18-39,41-43,45-49H2,1-2H3,(H,59,62)/b17-15-,44-40+. The first-order valence-corrected chi connectivity index (χ1v) is 29.1. The van der Waals surface area contributed by atoms with Crippen LogP contribution in [0.25, 0.3) is 0 Å². The quantitative estimate of drug-likeness (QED) is 0.0196. The molecule has 0 aliphatic carbocycles. The smallest absolute Gasteiger partial charge is 0.305 e. The molecule has 69 heavy (non-hydrogen) atoms. The van der Waals surface area contributed by atoms with E-state index >= 15 is 0 Å². The monoisotopic (exact) mass is 980 g/mol. The highest BCUT2D eigenvalue weighted by Crippen LogP contribution is 2.23. The lowest BCUT2D eigenvalue weighted by Crippen LogP contribution is -2.60. The van der Waals surface area contributed by atoms with Crippen LogP contribution in [-0.4, -0.2) is 100 Å². The Kier molecular flexibility index (Phi) is 45.7. The van der Waals surface area contributed by atoms with Gasteiger partial charge in [-0.05, 0) is 57.8 Å². The third kappa shape index (κ3) is 38.4. The molecule has 1 aliphatic heterocycles. The zero-order valence-electron chi connectivity index (χ0n) is 44.5. The van der Waals surface area contributed by atoms with E-state index < -0.39 is 49.5 Å². The van der Waals surface area contributed by atoms with Gasteiger partial charge in [-0.3, -0.25) is 9.59 Å². The molecule has 1 heterocycles. The van der Waals surface area contributed by atoms with Gasteiger partial charge in [0.15, 0.2) is 6.29 Å². The molecule has 11 heteroatoms. The third-order valence-corrected chi connectivity index (χ3v) is 13.8. The van der Waals surface area contributed by atoms with E-state index in [1.54, 1.807) is 6.08 Å². The Morgan fingerprint density at radius 1 is 0.522 bits per heavy atom. The first-order valence-electron chi connectivity index (χ1n) is 29.1. The van der Waals surface area contributed by atoms with E-state index in [9.17, 15) is 35.1 Å². The van der Waals surface area contributed by atoms with E-state index in [0.717, 1.165) is 77.0 Å². The van der Waals surface area contributed by atoms with Crippen molar-refractivity contribution in [2.45, 2.75) is 314 Å². The zero-order valence-corrected chi connectivity index (χ0v) is 44.5. The van der Waals surface area contributed by atoms with Crippen molar-refractivity contribution in [2.24, 2.45) is 0 Å². The summed E-state index contributed by atoms with van der Waals surface area (Å²) in [5.41, 5.74) is 0. The minimum absolute atomic E-state index is 0.00723. The Labute approximate surface area is 422 Å². The van der Waals surface area contributed by atoms with E-state index in [1.165, 1.54) is 167 Å². The highest BCUT2D eigenvalue weighted by Gasteiger charge is 2.44. The first-order chi connectivity index (χ1) is 33.7. The van der Waals surface area contributed by atoms with Gasteiger partial charge < -0.3 is 45.1 Å². The maximum absolute atomic E-state index is 13.0. The van der Waals surface area contributed by atoms with Crippen molar-refractivity contribution in [1.82, 2.24) is 5.32 Å². The number of unbranched alkanes of at least 4 members (excludes halogenated alkanes) is 34. The lowest BCUT2D eigenvalue weighted by molar-refractivity contribution is -0.302. The van der Waals surface area contributed by atoms with Crippen LogP contribution in [0.2, 0.25) is 0 Å². The molecule has 0 bridgehead atoms. The highest BCUT2D eigenvalue weighted by molar-refractivity contribution is 5.76. The fourth-order valence-corrected chi connectivity index (χ4v) is 9.13. The van der Waals surface area contributed by atoms with Crippen molar-refractivity contribution in [3.05, 3.63) is 24.3 Å². The Morgan fingerprint density at radius 2 is 0.928 bits per heavy atom. The van der Waals surface area contributed by atoms with Crippen molar-refractivity contribution in [1.29, 1.82) is 0 Å². The Bertz CT molecular complexity index is 1200. The van der Waals surface area contributed by atoms with Gasteiger partial charge >= 0.3 is 5.97 Å². The van der Waals surface area contributed by atoms with Gasteiger partial charge in [0.1, 0.15) is 24.4 Å². The summed E-state index contributed by atoms with van der Waals surface area (Å²) in [4.78, 5) is 25.0. The lowest BCUT2D eigenvalue weighted by Gasteiger charge is -2.40. The summed E-state index contributed by atoms with van der Waals surface area (Å²) in [6.07, 6.45) is 47.1. The first kappa shape index (κ1) is 65.2. The zero-order chi connectivity index (χ0) is 50.3. The number of rotatable bonds is 50. The highest BCUT2D eigenvalue weighted by atomic mass is 16.7. The van der Waals surface area contributed by atoms with Crippen LogP contribution in [0.5, 0.6) is 0 Å². The molecule has 0 radical (unpaired) electrons. The topological polar surface area (TPSA) is 175 Å². The Hall–Kier alpha value is -1.86. The lowest BCUT2D eigenvalue weighted by atomic mass is 9.99. The third-order valence-electron chi connectivity index (χ3n) is 13.8. The van der Waals surface area contributed by atoms with Crippen molar-refractivity contribution in [3.8, 4) is 0 Å². The number of carbonyl (C=O) groups excluding carboxylic acids is 2. The summed E-state index contributed by atoms with van der Waals surface area (Å²) in [7, 11) is 0. The fourth-order valence-electron chi connectivity index (χ4n) is 9.13. The van der Waals surface area contributed by atoms with Crippen LogP contribution in [0.1, 0.15) is 271 Å². The van der Waals surface area contributed by atoms with Crippen LogP contribution in [0, 0.1) is 0 Å². The molecule has 0 aromatic carbocycles. The van der Waals surface area contributed by atoms with E-state index in [1.807, 2.05) is 6.08 Å². The number of amides is 1. The molecule has 1 aliphatic rings. The van der Waals surface area contributed by atoms with Crippen molar-refractivity contribution in [3.63, 3.8) is 0 Å². The average Bonchev–Trinajstić information content (AvgIpc) is 3.34. The van der Waals surface area contributed by atoms with E-state index in [0.29, 0.717) is 19.4 Å². The molecule has 0 saturated carbocycles. The van der Waals surface area contributed by atoms with Crippen molar-refractivity contribution < 1.29 is 49.3 Å². The summed E-state index contributed by atoms with van der Waals surface area (Å²) in [5, 5.41) is 54.2. The molecule has 7 unspecified atom stereocenters. The summed E-state index contributed by atoms with van der Waals surface area (Å²) in [6, 6.07) is -0.814. The van der Waals surface area contributed by atoms with Gasteiger partial charge in [0.25, 0.3) is 0 Å². The minimum atomic E-state index is -1.57. The molecule has 7 atom stereocenters. The number of aliphatic hydroxyl groups is 5. The number of nitrogens with one attached hydrogen (secondary N) is 1. The fraction of sp³-hybridized carbons (Fsp3) is 0.897. The van der Waals surface area contributed by atoms with Crippen LogP contribution in [0.4, 0.5) is 0 Å². The largest absolute Gasteiger partial charge is 0.466 e. The van der Waals surface area contributed by atoms with Crippen molar-refractivity contribution >= 4 is 11.9 Å². The molecular formula is C58H109NO10.